The van der Waals surface area contributed by atoms with Gasteiger partial charge in [0, 0.05) is 27.7 Å². The Bertz CT molecular complexity index is 1020. The molecule has 174 valence electrons. The summed E-state index contributed by atoms with van der Waals surface area (Å²) in [5, 5.41) is 10.1. The molecule has 8 heteroatoms. The number of thiophene rings is 2. The van der Waals surface area contributed by atoms with Crippen LogP contribution in [0.3, 0.4) is 0 Å². The highest BCUT2D eigenvalue weighted by atomic mass is 32.1. The molecule has 0 radical (unpaired) electrons. The van der Waals surface area contributed by atoms with Gasteiger partial charge in [0.05, 0.1) is 5.56 Å². The van der Waals surface area contributed by atoms with Crippen LogP contribution in [0.15, 0.2) is 0 Å². The van der Waals surface area contributed by atoms with Crippen molar-refractivity contribution in [3.8, 4) is 0 Å². The van der Waals surface area contributed by atoms with Crippen molar-refractivity contribution in [2.75, 3.05) is 11.9 Å². The second kappa shape index (κ2) is 9.53. The molecule has 0 saturated carbocycles. The molecular formula is C24H33N3O3S2. The lowest BCUT2D eigenvalue weighted by atomic mass is 9.95. The highest BCUT2D eigenvalue weighted by molar-refractivity contribution is 7.17. The zero-order valence-electron chi connectivity index (χ0n) is 19.4. The van der Waals surface area contributed by atoms with Crippen LogP contribution < -0.4 is 16.0 Å². The van der Waals surface area contributed by atoms with E-state index in [9.17, 15) is 9.59 Å². The highest BCUT2D eigenvalue weighted by Crippen LogP contribution is 2.39. The van der Waals surface area contributed by atoms with Crippen LogP contribution in [0.1, 0.15) is 82.2 Å². The van der Waals surface area contributed by atoms with E-state index in [2.05, 4.69) is 22.9 Å². The van der Waals surface area contributed by atoms with E-state index in [-0.39, 0.29) is 12.0 Å². The fraction of sp³-hybridized carbons (Fsp3) is 0.583. The van der Waals surface area contributed by atoms with Gasteiger partial charge in [0.15, 0.2) is 0 Å². The quantitative estimate of drug-likeness (QED) is 0.521. The molecule has 2 aromatic heterocycles. The van der Waals surface area contributed by atoms with E-state index in [0.29, 0.717) is 17.1 Å². The molecule has 4 rings (SSSR count). The number of aryl methyl sites for hydroxylation is 2. The molecule has 2 aliphatic rings. The molecule has 0 saturated heterocycles. The van der Waals surface area contributed by atoms with Crippen LogP contribution >= 0.6 is 22.7 Å². The molecule has 0 atom stereocenters. The third-order valence-electron chi connectivity index (χ3n) is 5.87. The molecule has 2 amide bonds. The van der Waals surface area contributed by atoms with Gasteiger partial charge in [0.1, 0.15) is 10.6 Å². The first-order valence-corrected chi connectivity index (χ1v) is 13.2. The molecular weight excluding hydrogens is 442 g/mol. The Hall–Kier alpha value is -1.90. The van der Waals surface area contributed by atoms with Crippen LogP contribution in [0.4, 0.5) is 9.80 Å². The molecule has 0 aromatic carbocycles. The Labute approximate surface area is 198 Å². The summed E-state index contributed by atoms with van der Waals surface area (Å²) in [6.45, 7) is 10.2. The van der Waals surface area contributed by atoms with Gasteiger partial charge in [0.25, 0.3) is 0 Å². The number of hydrogen-bond acceptors (Lipinski definition) is 6. The summed E-state index contributed by atoms with van der Waals surface area (Å²) in [6, 6.07) is -0.274. The Kier molecular flexibility index (Phi) is 6.93. The van der Waals surface area contributed by atoms with E-state index in [1.54, 1.807) is 0 Å². The molecule has 32 heavy (non-hydrogen) atoms. The maximum Gasteiger partial charge on any atom is 0.341 e. The summed E-state index contributed by atoms with van der Waals surface area (Å²) in [7, 11) is 0. The number of fused-ring (bicyclic) bond motifs is 2. The molecule has 1 aliphatic heterocycles. The number of anilines is 1. The Morgan fingerprint density at radius 1 is 1.06 bits per heavy atom. The van der Waals surface area contributed by atoms with Gasteiger partial charge < -0.3 is 15.4 Å². The van der Waals surface area contributed by atoms with Gasteiger partial charge in [-0.1, -0.05) is 6.92 Å². The summed E-state index contributed by atoms with van der Waals surface area (Å²) in [5.41, 5.74) is 3.68. The van der Waals surface area contributed by atoms with Gasteiger partial charge in [-0.05, 0) is 82.5 Å². The van der Waals surface area contributed by atoms with Crippen molar-refractivity contribution in [1.82, 2.24) is 10.6 Å². The summed E-state index contributed by atoms with van der Waals surface area (Å²) >= 11 is 3.37. The van der Waals surface area contributed by atoms with Gasteiger partial charge in [-0.3, -0.25) is 5.32 Å². The molecule has 0 spiro atoms. The minimum atomic E-state index is -0.580. The number of urea groups is 1. The summed E-state index contributed by atoms with van der Waals surface area (Å²) < 4.78 is 5.67. The van der Waals surface area contributed by atoms with E-state index in [4.69, 9.17) is 4.74 Å². The van der Waals surface area contributed by atoms with Crippen LogP contribution in [0.2, 0.25) is 0 Å². The van der Waals surface area contributed by atoms with Crippen LogP contribution in [0.5, 0.6) is 0 Å². The normalized spacial score (nSPS) is 15.6. The topological polar surface area (TPSA) is 79.5 Å². The van der Waals surface area contributed by atoms with E-state index in [1.165, 1.54) is 37.1 Å². The summed E-state index contributed by atoms with van der Waals surface area (Å²) in [5.74, 6) is -0.347. The zero-order chi connectivity index (χ0) is 22.9. The zero-order valence-corrected chi connectivity index (χ0v) is 21.0. The number of carbonyl (C=O) groups is 2. The largest absolute Gasteiger partial charge is 0.456 e. The van der Waals surface area contributed by atoms with Gasteiger partial charge in [-0.2, -0.15) is 0 Å². The SMILES string of the molecule is CCc1sc2c(c1CNC(=O)Nc1sc3c(c1C(=O)OC(C)(C)C)CCCC3)CCNC2. The highest BCUT2D eigenvalue weighted by Gasteiger charge is 2.30. The van der Waals surface area contributed by atoms with Crippen molar-refractivity contribution >= 4 is 39.7 Å². The van der Waals surface area contributed by atoms with Gasteiger partial charge >= 0.3 is 12.0 Å². The van der Waals surface area contributed by atoms with E-state index in [0.717, 1.165) is 57.2 Å². The molecule has 2 aromatic rings. The Balaban J connectivity index is 1.51. The van der Waals surface area contributed by atoms with Crippen molar-refractivity contribution in [2.45, 2.75) is 84.9 Å². The smallest absolute Gasteiger partial charge is 0.341 e. The number of esters is 1. The Morgan fingerprint density at radius 2 is 1.84 bits per heavy atom. The molecule has 0 bridgehead atoms. The maximum absolute atomic E-state index is 13.0. The third kappa shape index (κ3) is 5.02. The van der Waals surface area contributed by atoms with E-state index >= 15 is 0 Å². The van der Waals surface area contributed by atoms with Gasteiger partial charge in [0.2, 0.25) is 0 Å². The molecule has 0 fully saturated rings. The van der Waals surface area contributed by atoms with E-state index < -0.39 is 5.60 Å². The molecule has 6 nitrogen and oxygen atoms in total. The lowest BCUT2D eigenvalue weighted by Crippen LogP contribution is -2.30. The summed E-state index contributed by atoms with van der Waals surface area (Å²) in [4.78, 5) is 29.8. The number of ether oxygens (including phenoxy) is 1. The lowest BCUT2D eigenvalue weighted by molar-refractivity contribution is 0.00699. The van der Waals surface area contributed by atoms with Crippen LogP contribution in [0.25, 0.3) is 0 Å². The summed E-state index contributed by atoms with van der Waals surface area (Å²) in [6.07, 6.45) is 5.96. The molecule has 3 heterocycles. The van der Waals surface area contributed by atoms with Gasteiger partial charge in [-0.15, -0.1) is 22.7 Å². The number of nitrogens with one attached hydrogen (secondary N) is 3. The van der Waals surface area contributed by atoms with Crippen molar-refractivity contribution in [3.63, 3.8) is 0 Å². The lowest BCUT2D eigenvalue weighted by Gasteiger charge is -2.21. The van der Waals surface area contributed by atoms with Gasteiger partial charge in [-0.25, -0.2) is 9.59 Å². The fourth-order valence-corrected chi connectivity index (χ4v) is 7.02. The molecule has 0 unspecified atom stereocenters. The minimum Gasteiger partial charge on any atom is -0.456 e. The predicted octanol–water partition coefficient (Wildman–Crippen LogP) is 5.17. The van der Waals surface area contributed by atoms with Crippen LogP contribution in [-0.4, -0.2) is 24.1 Å². The number of rotatable bonds is 5. The minimum absolute atomic E-state index is 0.274. The second-order valence-corrected chi connectivity index (χ2v) is 11.7. The number of hydrogen-bond donors (Lipinski definition) is 3. The standard InChI is InChI=1S/C24H33N3O3S2/c1-5-17-16(14-10-11-25-13-19(14)31-17)12-26-23(29)27-21-20(22(28)30-24(2,3)4)15-8-6-7-9-18(15)32-21/h25H,5-13H2,1-4H3,(H2,26,27,29). The second-order valence-electron chi connectivity index (χ2n) is 9.41. The molecule has 3 N–H and O–H groups in total. The third-order valence-corrected chi connectivity index (χ3v) is 8.50. The Morgan fingerprint density at radius 3 is 2.59 bits per heavy atom. The van der Waals surface area contributed by atoms with Crippen LogP contribution in [0, 0.1) is 0 Å². The van der Waals surface area contributed by atoms with Crippen molar-refractivity contribution in [2.24, 2.45) is 0 Å². The van der Waals surface area contributed by atoms with Crippen molar-refractivity contribution < 1.29 is 14.3 Å². The maximum atomic E-state index is 13.0. The fourth-order valence-electron chi connectivity index (χ4n) is 4.46. The first kappa shape index (κ1) is 23.3. The first-order chi connectivity index (χ1) is 15.3. The van der Waals surface area contributed by atoms with Crippen molar-refractivity contribution in [1.29, 1.82) is 0 Å². The first-order valence-electron chi connectivity index (χ1n) is 11.5. The average molecular weight is 476 g/mol. The molecule has 1 aliphatic carbocycles. The number of amides is 2. The monoisotopic (exact) mass is 475 g/mol. The van der Waals surface area contributed by atoms with Crippen molar-refractivity contribution in [3.05, 3.63) is 36.9 Å². The van der Waals surface area contributed by atoms with E-state index in [1.807, 2.05) is 32.1 Å². The van der Waals surface area contributed by atoms with Crippen LogP contribution in [-0.2, 0) is 43.5 Å². The average Bonchev–Trinajstić information content (AvgIpc) is 3.28. The number of carbonyl (C=O) groups excluding carboxylic acids is 2. The predicted molar refractivity (Wildman–Crippen MR) is 131 cm³/mol.